The van der Waals surface area contributed by atoms with Crippen molar-refractivity contribution >= 4 is 0 Å². The number of hydrogen-bond donors (Lipinski definition) is 0. The highest BCUT2D eigenvalue weighted by Gasteiger charge is 2.20. The lowest BCUT2D eigenvalue weighted by atomic mass is 9.79. The summed E-state index contributed by atoms with van der Waals surface area (Å²) in [7, 11) is 0. The molecule has 0 spiro atoms. The average molecular weight is 371 g/mol. The number of ether oxygens (including phenoxy) is 2. The molecule has 0 saturated heterocycles. The third-order valence-electron chi connectivity index (χ3n) is 5.53. The van der Waals surface area contributed by atoms with E-state index < -0.39 is 0 Å². The third-order valence-corrected chi connectivity index (χ3v) is 5.53. The van der Waals surface area contributed by atoms with Crippen LogP contribution in [-0.2, 0) is 6.61 Å². The summed E-state index contributed by atoms with van der Waals surface area (Å²) in [4.78, 5) is 0. The molecule has 0 N–H and O–H groups in total. The second-order valence-electron chi connectivity index (χ2n) is 7.78. The van der Waals surface area contributed by atoms with E-state index in [0.717, 1.165) is 55.1 Å². The van der Waals surface area contributed by atoms with Crippen LogP contribution in [-0.4, -0.2) is 6.61 Å². The first-order chi connectivity index (χ1) is 13.2. The molecule has 0 aromatic heterocycles. The quantitative estimate of drug-likeness (QED) is 0.472. The molecule has 2 aromatic carbocycles. The fraction of sp³-hybridized carbons (Fsp3) is 0.500. The largest absolute Gasteiger partial charge is 0.494 e. The molecule has 0 heterocycles. The molecule has 146 valence electrons. The minimum absolute atomic E-state index is 0.259. The van der Waals surface area contributed by atoms with Crippen LogP contribution in [0.3, 0.4) is 0 Å². The Labute approximate surface area is 162 Å². The minimum Gasteiger partial charge on any atom is -0.494 e. The number of halogens is 1. The van der Waals surface area contributed by atoms with Gasteiger partial charge in [0.25, 0.3) is 0 Å². The van der Waals surface area contributed by atoms with Gasteiger partial charge in [0.1, 0.15) is 12.4 Å². The van der Waals surface area contributed by atoms with Crippen LogP contribution in [0.5, 0.6) is 11.5 Å². The fourth-order valence-electron chi connectivity index (χ4n) is 3.66. The maximum atomic E-state index is 14.5. The Morgan fingerprint density at radius 2 is 1.70 bits per heavy atom. The average Bonchev–Trinajstić information content (AvgIpc) is 2.69. The van der Waals surface area contributed by atoms with Crippen molar-refractivity contribution in [1.82, 2.24) is 0 Å². The summed E-state index contributed by atoms with van der Waals surface area (Å²) in [6.45, 7) is 5.54. The van der Waals surface area contributed by atoms with E-state index in [1.807, 2.05) is 30.3 Å². The Morgan fingerprint density at radius 3 is 2.37 bits per heavy atom. The SMILES string of the molecule is CCCCOc1ccc(COc2ccc(C3CCC(C)CC3)cc2F)cc1. The molecule has 0 amide bonds. The van der Waals surface area contributed by atoms with Crippen molar-refractivity contribution in [3.05, 3.63) is 59.4 Å². The maximum absolute atomic E-state index is 14.5. The molecule has 2 aromatic rings. The van der Waals surface area contributed by atoms with Gasteiger partial charge in [-0.25, -0.2) is 4.39 Å². The predicted octanol–water partition coefficient (Wildman–Crippen LogP) is 6.88. The first kappa shape index (κ1) is 19.7. The van der Waals surface area contributed by atoms with Gasteiger partial charge < -0.3 is 9.47 Å². The van der Waals surface area contributed by atoms with Crippen LogP contribution in [0.25, 0.3) is 0 Å². The van der Waals surface area contributed by atoms with Gasteiger partial charge in [0.2, 0.25) is 0 Å². The van der Waals surface area contributed by atoms with Crippen LogP contribution < -0.4 is 9.47 Å². The highest BCUT2D eigenvalue weighted by atomic mass is 19.1. The van der Waals surface area contributed by atoms with Crippen LogP contribution in [0.15, 0.2) is 42.5 Å². The Bertz CT molecular complexity index is 703. The second kappa shape index (κ2) is 9.77. The second-order valence-corrected chi connectivity index (χ2v) is 7.78. The van der Waals surface area contributed by atoms with E-state index >= 15 is 0 Å². The van der Waals surface area contributed by atoms with Crippen molar-refractivity contribution in [2.45, 2.75) is 64.9 Å². The predicted molar refractivity (Wildman–Crippen MR) is 108 cm³/mol. The summed E-state index contributed by atoms with van der Waals surface area (Å²) in [6, 6.07) is 13.3. The number of rotatable bonds is 8. The van der Waals surface area contributed by atoms with E-state index in [1.165, 1.54) is 12.8 Å². The third kappa shape index (κ3) is 5.72. The van der Waals surface area contributed by atoms with E-state index in [-0.39, 0.29) is 5.82 Å². The van der Waals surface area contributed by atoms with Gasteiger partial charge in [-0.2, -0.15) is 0 Å². The Hall–Kier alpha value is -2.03. The molecular weight excluding hydrogens is 339 g/mol. The molecule has 3 rings (SSSR count). The zero-order chi connectivity index (χ0) is 19.1. The summed E-state index contributed by atoms with van der Waals surface area (Å²) in [5.74, 6) is 2.23. The summed E-state index contributed by atoms with van der Waals surface area (Å²) in [5.41, 5.74) is 2.11. The van der Waals surface area contributed by atoms with Gasteiger partial charge in [-0.05, 0) is 66.5 Å². The Morgan fingerprint density at radius 1 is 0.963 bits per heavy atom. The van der Waals surface area contributed by atoms with Crippen LogP contribution in [0.4, 0.5) is 4.39 Å². The monoisotopic (exact) mass is 370 g/mol. The molecule has 1 aliphatic carbocycles. The van der Waals surface area contributed by atoms with Crippen molar-refractivity contribution in [3.63, 3.8) is 0 Å². The molecule has 0 radical (unpaired) electrons. The Balaban J connectivity index is 1.53. The highest BCUT2D eigenvalue weighted by molar-refractivity contribution is 5.32. The van der Waals surface area contributed by atoms with Crippen molar-refractivity contribution in [3.8, 4) is 11.5 Å². The molecule has 0 aliphatic heterocycles. The summed E-state index contributed by atoms with van der Waals surface area (Å²) in [5, 5.41) is 0. The van der Waals surface area contributed by atoms with Crippen molar-refractivity contribution in [1.29, 1.82) is 0 Å². The number of unbranched alkanes of at least 4 members (excludes halogenated alkanes) is 1. The molecule has 1 saturated carbocycles. The minimum atomic E-state index is -0.259. The molecule has 0 bridgehead atoms. The van der Waals surface area contributed by atoms with Gasteiger partial charge in [-0.1, -0.05) is 51.3 Å². The molecule has 3 heteroatoms. The van der Waals surface area contributed by atoms with Gasteiger partial charge in [0.15, 0.2) is 11.6 Å². The number of benzene rings is 2. The van der Waals surface area contributed by atoms with Crippen molar-refractivity contribution < 1.29 is 13.9 Å². The van der Waals surface area contributed by atoms with E-state index in [1.54, 1.807) is 12.1 Å². The molecule has 1 aliphatic rings. The summed E-state index contributed by atoms with van der Waals surface area (Å²) < 4.78 is 25.8. The zero-order valence-corrected chi connectivity index (χ0v) is 16.5. The van der Waals surface area contributed by atoms with Gasteiger partial charge in [0, 0.05) is 0 Å². The molecule has 0 unspecified atom stereocenters. The molecule has 0 atom stereocenters. The van der Waals surface area contributed by atoms with Gasteiger partial charge in [-0.3, -0.25) is 0 Å². The topological polar surface area (TPSA) is 18.5 Å². The summed E-state index contributed by atoms with van der Waals surface area (Å²) in [6.07, 6.45) is 6.97. The lowest BCUT2D eigenvalue weighted by molar-refractivity contribution is 0.288. The standard InChI is InChI=1S/C24H31FO2/c1-3-4-15-26-22-12-7-19(8-13-22)17-27-24-14-11-21(16-23(24)25)20-9-5-18(2)6-10-20/h7-8,11-14,16,18,20H,3-6,9-10,15,17H2,1-2H3. The fourth-order valence-corrected chi connectivity index (χ4v) is 3.66. The van der Waals surface area contributed by atoms with Crippen LogP contribution in [0, 0.1) is 11.7 Å². The van der Waals surface area contributed by atoms with E-state index in [0.29, 0.717) is 18.3 Å². The highest BCUT2D eigenvalue weighted by Crippen LogP contribution is 2.36. The van der Waals surface area contributed by atoms with Gasteiger partial charge in [0.05, 0.1) is 6.61 Å². The van der Waals surface area contributed by atoms with E-state index in [4.69, 9.17) is 9.47 Å². The first-order valence-electron chi connectivity index (χ1n) is 10.3. The van der Waals surface area contributed by atoms with Gasteiger partial charge >= 0.3 is 0 Å². The van der Waals surface area contributed by atoms with Crippen molar-refractivity contribution in [2.24, 2.45) is 5.92 Å². The van der Waals surface area contributed by atoms with Gasteiger partial charge in [-0.15, -0.1) is 0 Å². The lowest BCUT2D eigenvalue weighted by Crippen LogP contribution is -2.11. The normalized spacial score (nSPS) is 19.7. The molecule has 27 heavy (non-hydrogen) atoms. The molecular formula is C24H31FO2. The summed E-state index contributed by atoms with van der Waals surface area (Å²) >= 11 is 0. The molecule has 1 fully saturated rings. The van der Waals surface area contributed by atoms with E-state index in [2.05, 4.69) is 13.8 Å². The molecule has 2 nitrogen and oxygen atoms in total. The maximum Gasteiger partial charge on any atom is 0.165 e. The van der Waals surface area contributed by atoms with Crippen molar-refractivity contribution in [2.75, 3.05) is 6.61 Å². The van der Waals surface area contributed by atoms with Crippen LogP contribution in [0.2, 0.25) is 0 Å². The van der Waals surface area contributed by atoms with Crippen LogP contribution >= 0.6 is 0 Å². The van der Waals surface area contributed by atoms with E-state index in [9.17, 15) is 4.39 Å². The smallest absolute Gasteiger partial charge is 0.165 e. The number of hydrogen-bond acceptors (Lipinski definition) is 2. The first-order valence-corrected chi connectivity index (χ1v) is 10.3. The van der Waals surface area contributed by atoms with Crippen LogP contribution in [0.1, 0.15) is 69.4 Å². The lowest BCUT2D eigenvalue weighted by Gasteiger charge is -2.26. The Kier molecular flexibility index (Phi) is 7.14. The zero-order valence-electron chi connectivity index (χ0n) is 16.5.